The maximum Gasteiger partial charge on any atom is 0.407 e. The fourth-order valence-corrected chi connectivity index (χ4v) is 8.44. The molecule has 242 valence electrons. The number of hydrogen-bond donors (Lipinski definition) is 2. The van der Waals surface area contributed by atoms with Crippen molar-refractivity contribution in [2.75, 3.05) is 54.6 Å². The Kier molecular flexibility index (Phi) is 9.58. The van der Waals surface area contributed by atoms with Crippen LogP contribution in [-0.2, 0) is 25.9 Å². The summed E-state index contributed by atoms with van der Waals surface area (Å²) in [4.78, 5) is 31.3. The Morgan fingerprint density at radius 2 is 1.93 bits per heavy atom. The van der Waals surface area contributed by atoms with E-state index in [9.17, 15) is 18.3 Å². The first-order valence-electron chi connectivity index (χ1n) is 14.7. The van der Waals surface area contributed by atoms with Gasteiger partial charge in [-0.2, -0.15) is 0 Å². The molecule has 0 aromatic carbocycles. The summed E-state index contributed by atoms with van der Waals surface area (Å²) >= 11 is 8.06. The van der Waals surface area contributed by atoms with Gasteiger partial charge >= 0.3 is 6.09 Å². The number of halogens is 1. The number of hydrogen-bond acceptors (Lipinski definition) is 12. The number of carbonyl (C=O) groups excluding carboxylic acids is 1. The van der Waals surface area contributed by atoms with Crippen molar-refractivity contribution < 1.29 is 27.8 Å². The molecule has 44 heavy (non-hydrogen) atoms. The maximum atomic E-state index is 12.6. The van der Waals surface area contributed by atoms with Gasteiger partial charge in [0.05, 0.1) is 42.3 Å². The van der Waals surface area contributed by atoms with Crippen molar-refractivity contribution in [2.45, 2.75) is 74.8 Å². The number of anilines is 2. The Labute approximate surface area is 268 Å². The number of amides is 1. The summed E-state index contributed by atoms with van der Waals surface area (Å²) in [5.74, 6) is 1.45. The first-order valence-corrected chi connectivity index (χ1v) is 18.0. The van der Waals surface area contributed by atoms with E-state index in [-0.39, 0.29) is 35.8 Å². The summed E-state index contributed by atoms with van der Waals surface area (Å²) in [6.07, 6.45) is 5.58. The summed E-state index contributed by atoms with van der Waals surface area (Å²) in [5, 5.41) is 14.3. The lowest BCUT2D eigenvalue weighted by Gasteiger charge is -2.43. The minimum atomic E-state index is -3.04. The third-order valence-electron chi connectivity index (χ3n) is 8.29. The lowest BCUT2D eigenvalue weighted by molar-refractivity contribution is 0.0434. The van der Waals surface area contributed by atoms with Gasteiger partial charge in [0.15, 0.2) is 5.82 Å². The Hall–Kier alpha value is -2.39. The number of nitrogens with one attached hydrogen (secondary N) is 1. The highest BCUT2D eigenvalue weighted by Crippen LogP contribution is 2.44. The Morgan fingerprint density at radius 1 is 1.23 bits per heavy atom. The van der Waals surface area contributed by atoms with Crippen LogP contribution in [0.1, 0.15) is 46.2 Å². The molecule has 5 heterocycles. The second-order valence-electron chi connectivity index (χ2n) is 13.0. The summed E-state index contributed by atoms with van der Waals surface area (Å²) < 4.78 is 34.8. The molecule has 0 bridgehead atoms. The van der Waals surface area contributed by atoms with Crippen LogP contribution >= 0.6 is 23.4 Å². The van der Waals surface area contributed by atoms with Crippen LogP contribution in [0.4, 0.5) is 16.4 Å². The number of carbonyl (C=O) groups is 1. The van der Waals surface area contributed by atoms with Crippen molar-refractivity contribution in [1.82, 2.24) is 20.3 Å². The van der Waals surface area contributed by atoms with Gasteiger partial charge in [-0.05, 0) is 46.6 Å². The highest BCUT2D eigenvalue weighted by atomic mass is 35.5. The fraction of sp³-hybridized carbons (Fsp3) is 0.655. The monoisotopic (exact) mass is 668 g/mol. The zero-order valence-electron chi connectivity index (χ0n) is 25.7. The number of piperidine rings is 1. The van der Waals surface area contributed by atoms with Crippen LogP contribution in [0.3, 0.4) is 0 Å². The zero-order valence-corrected chi connectivity index (χ0v) is 28.1. The van der Waals surface area contributed by atoms with Crippen LogP contribution in [0.5, 0.6) is 0 Å². The van der Waals surface area contributed by atoms with Crippen LogP contribution in [-0.4, -0.2) is 97.1 Å². The first-order chi connectivity index (χ1) is 20.7. The smallest absolute Gasteiger partial charge is 0.407 e. The quantitative estimate of drug-likeness (QED) is 0.424. The highest BCUT2D eigenvalue weighted by molar-refractivity contribution is 7.99. The number of rotatable bonds is 8. The first kappa shape index (κ1) is 33.0. The van der Waals surface area contributed by atoms with E-state index in [2.05, 4.69) is 15.2 Å². The lowest BCUT2D eigenvalue weighted by atomic mass is 9.73. The molecule has 3 fully saturated rings. The van der Waals surface area contributed by atoms with Crippen LogP contribution in [0, 0.1) is 11.3 Å². The Bertz CT molecular complexity index is 1480. The predicted molar refractivity (Wildman–Crippen MR) is 169 cm³/mol. The van der Waals surface area contributed by atoms with Gasteiger partial charge in [-0.1, -0.05) is 23.4 Å². The van der Waals surface area contributed by atoms with E-state index >= 15 is 0 Å². The molecule has 15 heteroatoms. The Morgan fingerprint density at radius 3 is 2.57 bits per heavy atom. The number of aromatic nitrogens is 3. The van der Waals surface area contributed by atoms with Gasteiger partial charge in [0.1, 0.15) is 32.0 Å². The van der Waals surface area contributed by atoms with Crippen molar-refractivity contribution in [3.63, 3.8) is 0 Å². The van der Waals surface area contributed by atoms with Crippen LogP contribution in [0.15, 0.2) is 28.4 Å². The third-order valence-corrected chi connectivity index (χ3v) is 10.8. The van der Waals surface area contributed by atoms with Gasteiger partial charge < -0.3 is 29.7 Å². The van der Waals surface area contributed by atoms with E-state index in [1.807, 2.05) is 32.6 Å². The summed E-state index contributed by atoms with van der Waals surface area (Å²) in [6, 6.07) is 1.63. The molecule has 2 N–H and O–H groups in total. The minimum absolute atomic E-state index is 0.0612. The van der Waals surface area contributed by atoms with E-state index in [1.165, 1.54) is 18.0 Å². The van der Waals surface area contributed by atoms with Crippen molar-refractivity contribution >= 4 is 50.9 Å². The molecule has 5 rings (SSSR count). The van der Waals surface area contributed by atoms with Crippen LogP contribution in [0.2, 0.25) is 5.02 Å². The van der Waals surface area contributed by atoms with Crippen LogP contribution < -0.4 is 15.1 Å². The molecule has 2 atom stereocenters. The van der Waals surface area contributed by atoms with Crippen LogP contribution in [0.25, 0.3) is 0 Å². The lowest BCUT2D eigenvalue weighted by Crippen LogP contribution is -2.55. The van der Waals surface area contributed by atoms with Gasteiger partial charge in [-0.15, -0.1) is 0 Å². The normalized spacial score (nSPS) is 22.2. The van der Waals surface area contributed by atoms with E-state index in [0.29, 0.717) is 60.2 Å². The number of sulfone groups is 1. The number of aliphatic hydroxyl groups is 1. The van der Waals surface area contributed by atoms with Gasteiger partial charge in [0.2, 0.25) is 0 Å². The largest absolute Gasteiger partial charge is 0.444 e. The molecule has 1 amide bonds. The van der Waals surface area contributed by atoms with Crippen molar-refractivity contribution in [2.24, 2.45) is 11.3 Å². The minimum Gasteiger partial charge on any atom is -0.444 e. The molecule has 2 aromatic rings. The van der Waals surface area contributed by atoms with Crippen molar-refractivity contribution in [3.8, 4) is 0 Å². The highest BCUT2D eigenvalue weighted by Gasteiger charge is 2.50. The van der Waals surface area contributed by atoms with Gasteiger partial charge in [-0.25, -0.2) is 28.2 Å². The van der Waals surface area contributed by atoms with Gasteiger partial charge in [0.25, 0.3) is 0 Å². The standard InChI is InChI=1S/C29H41ClN6O6S2/c1-18-24(34-27(38)42-28(2,3)4)29(17-41-18)7-10-35(11-8-29)25-20(15-37)33-22(12-32-25)43-21-6-9-31-26(23(21)30)36-13-19(14-36)16-44(5,39)40/h6,9,12,18-19,24,37H,7-8,10-11,13-17H2,1-5H3,(H,34,38)/t18-,24+/m0/s1. The zero-order chi connectivity index (χ0) is 31.9. The number of pyridine rings is 1. The fourth-order valence-electron chi connectivity index (χ4n) is 6.23. The number of ether oxygens (including phenoxy) is 2. The molecule has 0 saturated carbocycles. The SMILES string of the molecule is C[C@@H]1OCC2(CCN(c3ncc(Sc4ccnc(N5CC(CS(C)(=O)=O)C5)c4Cl)nc3CO)CC2)[C@@H]1NC(=O)OC(C)(C)C. The van der Waals surface area contributed by atoms with E-state index in [1.54, 1.807) is 18.5 Å². The van der Waals surface area contributed by atoms with E-state index in [4.69, 9.17) is 31.0 Å². The predicted octanol–water partition coefficient (Wildman–Crippen LogP) is 3.55. The molecule has 3 saturated heterocycles. The molecule has 0 radical (unpaired) electrons. The summed E-state index contributed by atoms with van der Waals surface area (Å²) in [7, 11) is -3.04. The number of alkyl carbamates (subject to hydrolysis) is 1. The van der Waals surface area contributed by atoms with Gasteiger partial charge in [-0.3, -0.25) is 0 Å². The summed E-state index contributed by atoms with van der Waals surface area (Å²) in [6.45, 7) is 10.3. The topological polar surface area (TPSA) is 147 Å². The van der Waals surface area contributed by atoms with Crippen molar-refractivity contribution in [3.05, 3.63) is 29.2 Å². The molecular weight excluding hydrogens is 628 g/mol. The molecule has 2 aromatic heterocycles. The number of aliphatic hydroxyl groups excluding tert-OH is 1. The average molecular weight is 669 g/mol. The molecule has 3 aliphatic rings. The molecular formula is C29H41ClN6O6S2. The molecule has 0 unspecified atom stereocenters. The molecule has 3 aliphatic heterocycles. The second-order valence-corrected chi connectivity index (χ2v) is 16.7. The molecule has 12 nitrogen and oxygen atoms in total. The van der Waals surface area contributed by atoms with E-state index in [0.717, 1.165) is 17.7 Å². The van der Waals surface area contributed by atoms with Gasteiger partial charge in [0, 0.05) is 54.9 Å². The van der Waals surface area contributed by atoms with E-state index < -0.39 is 21.5 Å². The van der Waals surface area contributed by atoms with Crippen molar-refractivity contribution in [1.29, 1.82) is 0 Å². The second kappa shape index (κ2) is 12.8. The number of nitrogens with zero attached hydrogens (tertiary/aromatic N) is 5. The maximum absolute atomic E-state index is 12.6. The average Bonchev–Trinajstić information content (AvgIpc) is 3.20. The molecule has 0 aliphatic carbocycles. The third kappa shape index (κ3) is 7.52. The summed E-state index contributed by atoms with van der Waals surface area (Å²) in [5.41, 5.74) is -0.327. The molecule has 1 spiro atoms. The Balaban J connectivity index is 1.23.